The number of aromatic carboxylic acids is 1. The molecule has 1 aromatic rings. The zero-order chi connectivity index (χ0) is 15.1. The van der Waals surface area contributed by atoms with E-state index in [1.54, 1.807) is 13.0 Å². The number of nitrogens with one attached hydrogen (secondary N) is 3. The van der Waals surface area contributed by atoms with Crippen LogP contribution in [0.25, 0.3) is 0 Å². The first-order valence-corrected chi connectivity index (χ1v) is 5.88. The molecule has 0 aromatic carbocycles. The highest BCUT2D eigenvalue weighted by molar-refractivity contribution is 5.86. The van der Waals surface area contributed by atoms with Crippen LogP contribution in [0.3, 0.4) is 0 Å². The summed E-state index contributed by atoms with van der Waals surface area (Å²) in [6.45, 7) is 1.74. The Labute approximate surface area is 115 Å². The Morgan fingerprint density at radius 2 is 2.05 bits per heavy atom. The molecule has 1 heterocycles. The van der Waals surface area contributed by atoms with Crippen LogP contribution in [0.15, 0.2) is 18.3 Å². The van der Waals surface area contributed by atoms with Gasteiger partial charge < -0.3 is 21.1 Å². The van der Waals surface area contributed by atoms with Crippen LogP contribution in [-0.2, 0) is 11.3 Å². The van der Waals surface area contributed by atoms with Gasteiger partial charge in [-0.1, -0.05) is 6.07 Å². The van der Waals surface area contributed by atoms with Gasteiger partial charge >= 0.3 is 12.0 Å². The normalized spacial score (nSPS) is 11.3. The molecule has 4 N–H and O–H groups in total. The number of hydrogen-bond acceptors (Lipinski definition) is 4. The Balaban J connectivity index is 2.44. The first-order valence-electron chi connectivity index (χ1n) is 5.88. The lowest BCUT2D eigenvalue weighted by atomic mass is 10.2. The van der Waals surface area contributed by atoms with Gasteiger partial charge in [-0.2, -0.15) is 0 Å². The van der Waals surface area contributed by atoms with E-state index in [1.807, 2.05) is 0 Å². The van der Waals surface area contributed by atoms with Crippen molar-refractivity contribution in [2.75, 3.05) is 7.05 Å². The summed E-state index contributed by atoms with van der Waals surface area (Å²) >= 11 is 0. The quantitative estimate of drug-likeness (QED) is 0.591. The molecule has 0 radical (unpaired) electrons. The van der Waals surface area contributed by atoms with Gasteiger partial charge in [0.05, 0.1) is 0 Å². The number of carbonyl (C=O) groups is 3. The van der Waals surface area contributed by atoms with Crippen LogP contribution >= 0.6 is 0 Å². The first kappa shape index (κ1) is 15.4. The van der Waals surface area contributed by atoms with Gasteiger partial charge in [0.1, 0.15) is 11.7 Å². The number of rotatable bonds is 5. The number of carboxylic acids is 1. The molecule has 1 rings (SSSR count). The number of amides is 3. The topological polar surface area (TPSA) is 120 Å². The molecule has 1 unspecified atom stereocenters. The minimum absolute atomic E-state index is 0.0635. The van der Waals surface area contributed by atoms with Crippen molar-refractivity contribution in [2.45, 2.75) is 19.5 Å². The summed E-state index contributed by atoms with van der Waals surface area (Å²) in [6, 6.07) is 1.76. The Hall–Kier alpha value is -2.64. The molecule has 1 aromatic heterocycles. The van der Waals surface area contributed by atoms with Crippen molar-refractivity contribution < 1.29 is 19.5 Å². The van der Waals surface area contributed by atoms with E-state index < -0.39 is 18.0 Å². The van der Waals surface area contributed by atoms with Crippen LogP contribution < -0.4 is 16.0 Å². The molecule has 0 aliphatic carbocycles. The summed E-state index contributed by atoms with van der Waals surface area (Å²) in [5, 5.41) is 16.1. The summed E-state index contributed by atoms with van der Waals surface area (Å²) < 4.78 is 0. The van der Waals surface area contributed by atoms with Crippen LogP contribution in [0.4, 0.5) is 4.79 Å². The largest absolute Gasteiger partial charge is 0.477 e. The van der Waals surface area contributed by atoms with Gasteiger partial charge in [0.15, 0.2) is 0 Å². The van der Waals surface area contributed by atoms with Gasteiger partial charge in [-0.15, -0.1) is 0 Å². The average Bonchev–Trinajstić information content (AvgIpc) is 2.44. The molecule has 108 valence electrons. The van der Waals surface area contributed by atoms with E-state index in [0.717, 1.165) is 0 Å². The summed E-state index contributed by atoms with van der Waals surface area (Å²) in [7, 11) is 1.48. The number of nitrogens with zero attached hydrogens (tertiary/aromatic N) is 1. The summed E-state index contributed by atoms with van der Waals surface area (Å²) in [4.78, 5) is 37.0. The maximum atomic E-state index is 11.5. The van der Waals surface area contributed by atoms with Gasteiger partial charge in [-0.05, 0) is 18.6 Å². The van der Waals surface area contributed by atoms with E-state index in [9.17, 15) is 14.4 Å². The van der Waals surface area contributed by atoms with Crippen LogP contribution in [-0.4, -0.2) is 41.1 Å². The second kappa shape index (κ2) is 7.07. The Kier molecular flexibility index (Phi) is 5.45. The number of carboxylic acid groups (broad SMARTS) is 1. The fourth-order valence-corrected chi connectivity index (χ4v) is 1.37. The average molecular weight is 280 g/mol. The van der Waals surface area contributed by atoms with Crippen molar-refractivity contribution in [3.05, 3.63) is 29.6 Å². The Morgan fingerprint density at radius 3 is 2.55 bits per heavy atom. The predicted molar refractivity (Wildman–Crippen MR) is 70.1 cm³/mol. The minimum Gasteiger partial charge on any atom is -0.477 e. The Morgan fingerprint density at radius 1 is 1.35 bits per heavy atom. The van der Waals surface area contributed by atoms with Crippen LogP contribution in [0.5, 0.6) is 0 Å². The van der Waals surface area contributed by atoms with Crippen molar-refractivity contribution in [2.24, 2.45) is 0 Å². The lowest BCUT2D eigenvalue weighted by Gasteiger charge is -2.13. The monoisotopic (exact) mass is 280 g/mol. The maximum Gasteiger partial charge on any atom is 0.354 e. The van der Waals surface area contributed by atoms with Gasteiger partial charge in [-0.3, -0.25) is 4.79 Å². The number of likely N-dealkylation sites (N-methyl/N-ethyl adjacent to an activating group) is 1. The van der Waals surface area contributed by atoms with E-state index in [-0.39, 0.29) is 18.1 Å². The summed E-state index contributed by atoms with van der Waals surface area (Å²) in [5.41, 5.74) is 0.587. The van der Waals surface area contributed by atoms with Crippen LogP contribution in [0, 0.1) is 0 Å². The van der Waals surface area contributed by atoms with Crippen molar-refractivity contribution in [3.8, 4) is 0 Å². The van der Waals surface area contributed by atoms with E-state index in [1.165, 1.54) is 19.3 Å². The smallest absolute Gasteiger partial charge is 0.354 e. The molecule has 0 saturated heterocycles. The van der Waals surface area contributed by atoms with Crippen molar-refractivity contribution >= 4 is 17.9 Å². The molecular weight excluding hydrogens is 264 g/mol. The lowest BCUT2D eigenvalue weighted by molar-refractivity contribution is -0.122. The number of urea groups is 1. The fourth-order valence-electron chi connectivity index (χ4n) is 1.37. The molecular formula is C12H16N4O4. The zero-order valence-corrected chi connectivity index (χ0v) is 11.1. The number of pyridine rings is 1. The van der Waals surface area contributed by atoms with Crippen molar-refractivity contribution in [3.63, 3.8) is 0 Å². The third-order valence-electron chi connectivity index (χ3n) is 2.48. The van der Waals surface area contributed by atoms with E-state index in [0.29, 0.717) is 5.56 Å². The van der Waals surface area contributed by atoms with E-state index in [4.69, 9.17) is 5.11 Å². The maximum absolute atomic E-state index is 11.5. The highest BCUT2D eigenvalue weighted by Gasteiger charge is 2.13. The third-order valence-corrected chi connectivity index (χ3v) is 2.48. The minimum atomic E-state index is -1.11. The van der Waals surface area contributed by atoms with Gasteiger partial charge in [0.2, 0.25) is 5.91 Å². The second-order valence-corrected chi connectivity index (χ2v) is 4.02. The molecule has 0 spiro atoms. The highest BCUT2D eigenvalue weighted by Crippen LogP contribution is 2.00. The van der Waals surface area contributed by atoms with Crippen molar-refractivity contribution in [1.82, 2.24) is 20.9 Å². The van der Waals surface area contributed by atoms with Crippen LogP contribution in [0.2, 0.25) is 0 Å². The molecule has 8 heteroatoms. The summed E-state index contributed by atoms with van der Waals surface area (Å²) in [6.07, 6.45) is 1.37. The SMILES string of the molecule is CNC(=O)C(C)NC(=O)NCc1ccc(C(=O)O)nc1. The Bertz CT molecular complexity index is 501. The molecule has 1 atom stereocenters. The number of hydrogen-bond donors (Lipinski definition) is 4. The molecule has 8 nitrogen and oxygen atoms in total. The number of aromatic nitrogens is 1. The van der Waals surface area contributed by atoms with Crippen molar-refractivity contribution in [1.29, 1.82) is 0 Å². The standard InChI is InChI=1S/C12H16N4O4/c1-7(10(17)13-2)16-12(20)15-6-8-3-4-9(11(18)19)14-5-8/h3-5,7H,6H2,1-2H3,(H,13,17)(H,18,19)(H2,15,16,20). The molecule has 20 heavy (non-hydrogen) atoms. The van der Waals surface area contributed by atoms with Gasteiger partial charge in [0.25, 0.3) is 0 Å². The third kappa shape index (κ3) is 4.56. The van der Waals surface area contributed by atoms with E-state index in [2.05, 4.69) is 20.9 Å². The molecule has 0 bridgehead atoms. The molecule has 3 amide bonds. The predicted octanol–water partition coefficient (Wildman–Crippen LogP) is -0.286. The highest BCUT2D eigenvalue weighted by atomic mass is 16.4. The van der Waals surface area contributed by atoms with Gasteiger partial charge in [-0.25, -0.2) is 14.6 Å². The fraction of sp³-hybridized carbons (Fsp3) is 0.333. The van der Waals surface area contributed by atoms with Crippen LogP contribution in [0.1, 0.15) is 23.0 Å². The molecule has 0 saturated carbocycles. The van der Waals surface area contributed by atoms with Gasteiger partial charge in [0, 0.05) is 19.8 Å². The molecule has 0 aliphatic heterocycles. The second-order valence-electron chi connectivity index (χ2n) is 4.02. The molecule has 0 fully saturated rings. The molecule has 0 aliphatic rings. The lowest BCUT2D eigenvalue weighted by Crippen LogP contribution is -2.47. The first-order chi connectivity index (χ1) is 9.43. The van der Waals surface area contributed by atoms with E-state index >= 15 is 0 Å². The summed E-state index contributed by atoms with van der Waals surface area (Å²) in [5.74, 6) is -1.41. The number of carbonyl (C=O) groups excluding carboxylic acids is 2. The zero-order valence-electron chi connectivity index (χ0n) is 11.1.